The molecule has 0 aliphatic heterocycles. The molecular weight excluding hydrogens is 234 g/mol. The summed E-state index contributed by atoms with van der Waals surface area (Å²) in [7, 11) is 0. The van der Waals surface area contributed by atoms with Crippen molar-refractivity contribution in [1.82, 2.24) is 9.97 Å². The number of para-hydroxylation sites is 3. The minimum Gasteiger partial charge on any atom is -0.324 e. The van der Waals surface area contributed by atoms with Crippen molar-refractivity contribution >= 4 is 34.3 Å². The van der Waals surface area contributed by atoms with Crippen LogP contribution in [0.3, 0.4) is 0 Å². The smallest absolute Gasteiger partial charge is 0.205 e. The Morgan fingerprint density at radius 2 is 1.76 bits per heavy atom. The molecule has 0 amide bonds. The number of imidazole rings is 1. The minimum atomic E-state index is 0.674. The SMILES string of the molecule is Clc1ccccc1Nc1nc2ccccc2[nH]1. The normalized spacial score (nSPS) is 10.6. The Hall–Kier alpha value is -2.00. The van der Waals surface area contributed by atoms with Gasteiger partial charge in [0.2, 0.25) is 5.95 Å². The Morgan fingerprint density at radius 3 is 2.59 bits per heavy atom. The number of rotatable bonds is 2. The number of H-pyrrole nitrogens is 1. The molecule has 0 saturated heterocycles. The molecule has 0 aliphatic carbocycles. The van der Waals surface area contributed by atoms with Crippen molar-refractivity contribution in [3.63, 3.8) is 0 Å². The van der Waals surface area contributed by atoms with Crippen LogP contribution in [0.25, 0.3) is 11.0 Å². The first-order valence-corrected chi connectivity index (χ1v) is 5.67. The van der Waals surface area contributed by atoms with Gasteiger partial charge in [-0.25, -0.2) is 4.98 Å². The van der Waals surface area contributed by atoms with E-state index in [0.717, 1.165) is 16.7 Å². The zero-order valence-corrected chi connectivity index (χ0v) is 9.70. The molecule has 0 atom stereocenters. The van der Waals surface area contributed by atoms with Crippen LogP contribution < -0.4 is 5.32 Å². The topological polar surface area (TPSA) is 40.7 Å². The highest BCUT2D eigenvalue weighted by Crippen LogP contribution is 2.24. The van der Waals surface area contributed by atoms with Crippen molar-refractivity contribution < 1.29 is 0 Å². The summed E-state index contributed by atoms with van der Waals surface area (Å²) >= 11 is 6.07. The van der Waals surface area contributed by atoms with Crippen LogP contribution >= 0.6 is 11.6 Å². The molecule has 0 aliphatic rings. The Kier molecular flexibility index (Phi) is 2.46. The molecular formula is C13H10ClN3. The van der Waals surface area contributed by atoms with Gasteiger partial charge in [0.05, 0.1) is 21.7 Å². The monoisotopic (exact) mass is 243 g/mol. The molecule has 3 rings (SSSR count). The molecule has 2 aromatic carbocycles. The van der Waals surface area contributed by atoms with E-state index in [1.807, 2.05) is 48.5 Å². The van der Waals surface area contributed by atoms with Gasteiger partial charge in [0.25, 0.3) is 0 Å². The lowest BCUT2D eigenvalue weighted by molar-refractivity contribution is 1.31. The second-order valence-electron chi connectivity index (χ2n) is 3.71. The first kappa shape index (κ1) is 10.2. The Bertz CT molecular complexity index is 627. The number of hydrogen-bond donors (Lipinski definition) is 2. The van der Waals surface area contributed by atoms with Gasteiger partial charge in [-0.1, -0.05) is 35.9 Å². The summed E-state index contributed by atoms with van der Waals surface area (Å²) in [6, 6.07) is 15.5. The Morgan fingerprint density at radius 1 is 1.00 bits per heavy atom. The number of hydrogen-bond acceptors (Lipinski definition) is 2. The summed E-state index contributed by atoms with van der Waals surface area (Å²) in [5.41, 5.74) is 2.78. The van der Waals surface area contributed by atoms with E-state index in [2.05, 4.69) is 15.3 Å². The maximum Gasteiger partial charge on any atom is 0.205 e. The van der Waals surface area contributed by atoms with E-state index in [-0.39, 0.29) is 0 Å². The maximum atomic E-state index is 6.07. The van der Waals surface area contributed by atoms with E-state index in [0.29, 0.717) is 11.0 Å². The van der Waals surface area contributed by atoms with Crippen LogP contribution in [0, 0.1) is 0 Å². The summed E-state index contributed by atoms with van der Waals surface area (Å²) in [6.45, 7) is 0. The Balaban J connectivity index is 1.98. The van der Waals surface area contributed by atoms with Gasteiger partial charge >= 0.3 is 0 Å². The zero-order valence-electron chi connectivity index (χ0n) is 8.94. The molecule has 0 saturated carbocycles. The van der Waals surface area contributed by atoms with E-state index in [1.165, 1.54) is 0 Å². The van der Waals surface area contributed by atoms with E-state index in [4.69, 9.17) is 11.6 Å². The molecule has 1 aromatic heterocycles. The number of aromatic amines is 1. The van der Waals surface area contributed by atoms with E-state index in [1.54, 1.807) is 0 Å². The third-order valence-corrected chi connectivity index (χ3v) is 2.85. The molecule has 0 radical (unpaired) electrons. The van der Waals surface area contributed by atoms with E-state index >= 15 is 0 Å². The zero-order chi connectivity index (χ0) is 11.7. The molecule has 1 heterocycles. The van der Waals surface area contributed by atoms with Gasteiger partial charge in [-0.05, 0) is 24.3 Å². The highest BCUT2D eigenvalue weighted by Gasteiger charge is 2.03. The summed E-state index contributed by atoms with van der Waals surface area (Å²) in [5, 5.41) is 3.84. The van der Waals surface area contributed by atoms with Gasteiger partial charge in [0, 0.05) is 0 Å². The molecule has 4 heteroatoms. The maximum absolute atomic E-state index is 6.07. The van der Waals surface area contributed by atoms with Crippen molar-refractivity contribution in [2.45, 2.75) is 0 Å². The number of nitrogens with one attached hydrogen (secondary N) is 2. The summed E-state index contributed by atoms with van der Waals surface area (Å²) in [5.74, 6) is 0.694. The molecule has 0 spiro atoms. The van der Waals surface area contributed by atoms with Crippen LogP contribution in [0.5, 0.6) is 0 Å². The predicted molar refractivity (Wildman–Crippen MR) is 70.8 cm³/mol. The van der Waals surface area contributed by atoms with Crippen molar-refractivity contribution in [3.8, 4) is 0 Å². The number of benzene rings is 2. The van der Waals surface area contributed by atoms with Gasteiger partial charge in [0.15, 0.2) is 0 Å². The lowest BCUT2D eigenvalue weighted by Crippen LogP contribution is -1.92. The van der Waals surface area contributed by atoms with Crippen LogP contribution in [0.2, 0.25) is 5.02 Å². The summed E-state index contributed by atoms with van der Waals surface area (Å²) in [6.07, 6.45) is 0. The van der Waals surface area contributed by atoms with Gasteiger partial charge in [-0.2, -0.15) is 0 Å². The van der Waals surface area contributed by atoms with Crippen LogP contribution in [0.4, 0.5) is 11.6 Å². The van der Waals surface area contributed by atoms with Crippen LogP contribution in [-0.4, -0.2) is 9.97 Å². The average molecular weight is 244 g/mol. The van der Waals surface area contributed by atoms with Gasteiger partial charge < -0.3 is 10.3 Å². The standard InChI is InChI=1S/C13H10ClN3/c14-9-5-1-2-6-10(9)15-13-16-11-7-3-4-8-12(11)17-13/h1-8H,(H2,15,16,17). The fraction of sp³-hybridized carbons (Fsp3) is 0. The average Bonchev–Trinajstić information content (AvgIpc) is 2.74. The van der Waals surface area contributed by atoms with E-state index < -0.39 is 0 Å². The highest BCUT2D eigenvalue weighted by atomic mass is 35.5. The van der Waals surface area contributed by atoms with Gasteiger partial charge in [0.1, 0.15) is 0 Å². The number of aromatic nitrogens is 2. The molecule has 84 valence electrons. The van der Waals surface area contributed by atoms with E-state index in [9.17, 15) is 0 Å². The molecule has 3 aromatic rings. The largest absolute Gasteiger partial charge is 0.324 e. The highest BCUT2D eigenvalue weighted by molar-refractivity contribution is 6.33. The summed E-state index contributed by atoms with van der Waals surface area (Å²) < 4.78 is 0. The quantitative estimate of drug-likeness (QED) is 0.715. The van der Waals surface area contributed by atoms with Crippen molar-refractivity contribution in [1.29, 1.82) is 0 Å². The van der Waals surface area contributed by atoms with Crippen molar-refractivity contribution in [3.05, 3.63) is 53.6 Å². The molecule has 0 bridgehead atoms. The minimum absolute atomic E-state index is 0.674. The van der Waals surface area contributed by atoms with Crippen LogP contribution in [0.1, 0.15) is 0 Å². The predicted octanol–water partition coefficient (Wildman–Crippen LogP) is 3.96. The third kappa shape index (κ3) is 1.97. The molecule has 0 fully saturated rings. The number of fused-ring (bicyclic) bond motifs is 1. The third-order valence-electron chi connectivity index (χ3n) is 2.52. The van der Waals surface area contributed by atoms with Crippen LogP contribution in [0.15, 0.2) is 48.5 Å². The number of halogens is 1. The first-order chi connectivity index (χ1) is 8.33. The lowest BCUT2D eigenvalue weighted by Gasteiger charge is -2.03. The van der Waals surface area contributed by atoms with Gasteiger partial charge in [-0.3, -0.25) is 0 Å². The fourth-order valence-corrected chi connectivity index (χ4v) is 1.89. The second kappa shape index (κ2) is 4.11. The second-order valence-corrected chi connectivity index (χ2v) is 4.11. The number of nitrogens with zero attached hydrogens (tertiary/aromatic N) is 1. The van der Waals surface area contributed by atoms with Gasteiger partial charge in [-0.15, -0.1) is 0 Å². The molecule has 3 nitrogen and oxygen atoms in total. The molecule has 17 heavy (non-hydrogen) atoms. The first-order valence-electron chi connectivity index (χ1n) is 5.29. The summed E-state index contributed by atoms with van der Waals surface area (Å²) in [4.78, 5) is 7.61. The lowest BCUT2D eigenvalue weighted by atomic mass is 10.3. The molecule has 2 N–H and O–H groups in total. The van der Waals surface area contributed by atoms with Crippen LogP contribution in [-0.2, 0) is 0 Å². The Labute approximate surface area is 103 Å². The fourth-order valence-electron chi connectivity index (χ4n) is 1.70. The number of anilines is 2. The van der Waals surface area contributed by atoms with Crippen molar-refractivity contribution in [2.24, 2.45) is 0 Å². The molecule has 0 unspecified atom stereocenters. The van der Waals surface area contributed by atoms with Crippen molar-refractivity contribution in [2.75, 3.05) is 5.32 Å².